The van der Waals surface area contributed by atoms with E-state index in [9.17, 15) is 0 Å². The van der Waals surface area contributed by atoms with Crippen LogP contribution in [0, 0.1) is 6.92 Å². The van der Waals surface area contributed by atoms with Gasteiger partial charge in [-0.05, 0) is 43.2 Å². The molecule has 2 rings (SSSR count). The molecule has 0 bridgehead atoms. The summed E-state index contributed by atoms with van der Waals surface area (Å²) in [5.41, 5.74) is 8.07. The van der Waals surface area contributed by atoms with Gasteiger partial charge in [0, 0.05) is 10.9 Å². The fourth-order valence-corrected chi connectivity index (χ4v) is 2.70. The standard InChI is InChI=1S/C14H16ClNOS/c1-9-7-11(10(2)16)3-5-13(9)17-8-12-4-6-14(15)18-12/h3-7,10H,8,16H2,1-2H3. The molecule has 2 aromatic rings. The molecule has 1 atom stereocenters. The van der Waals surface area contributed by atoms with Gasteiger partial charge in [-0.3, -0.25) is 0 Å². The van der Waals surface area contributed by atoms with Crippen LogP contribution in [0.25, 0.3) is 0 Å². The zero-order chi connectivity index (χ0) is 13.1. The number of rotatable bonds is 4. The second-order valence-corrected chi connectivity index (χ2v) is 6.11. The highest BCUT2D eigenvalue weighted by Crippen LogP contribution is 2.25. The summed E-state index contributed by atoms with van der Waals surface area (Å²) >= 11 is 7.42. The zero-order valence-corrected chi connectivity index (χ0v) is 12.0. The van der Waals surface area contributed by atoms with Crippen molar-refractivity contribution in [3.8, 4) is 5.75 Å². The van der Waals surface area contributed by atoms with Crippen molar-refractivity contribution in [3.63, 3.8) is 0 Å². The van der Waals surface area contributed by atoms with E-state index in [0.29, 0.717) is 6.61 Å². The summed E-state index contributed by atoms with van der Waals surface area (Å²) in [6.45, 7) is 4.56. The largest absolute Gasteiger partial charge is 0.488 e. The highest BCUT2D eigenvalue weighted by atomic mass is 35.5. The Morgan fingerprint density at radius 3 is 2.67 bits per heavy atom. The molecule has 96 valence electrons. The molecule has 1 heterocycles. The average Bonchev–Trinajstić information content (AvgIpc) is 2.73. The molecule has 0 saturated carbocycles. The van der Waals surface area contributed by atoms with Gasteiger partial charge in [-0.15, -0.1) is 11.3 Å². The molecule has 0 spiro atoms. The molecule has 1 aromatic heterocycles. The summed E-state index contributed by atoms with van der Waals surface area (Å²) in [6.07, 6.45) is 0. The topological polar surface area (TPSA) is 35.2 Å². The molecular formula is C14H16ClNOS. The SMILES string of the molecule is Cc1cc(C(C)N)ccc1OCc1ccc(Cl)s1. The van der Waals surface area contributed by atoms with Gasteiger partial charge < -0.3 is 10.5 Å². The Kier molecular flexibility index (Phi) is 4.27. The maximum Gasteiger partial charge on any atom is 0.123 e. The van der Waals surface area contributed by atoms with Gasteiger partial charge in [-0.1, -0.05) is 23.7 Å². The molecule has 1 unspecified atom stereocenters. The van der Waals surface area contributed by atoms with E-state index < -0.39 is 0 Å². The number of aryl methyl sites for hydroxylation is 1. The quantitative estimate of drug-likeness (QED) is 0.906. The maximum atomic E-state index is 5.88. The summed E-state index contributed by atoms with van der Waals surface area (Å²) in [5.74, 6) is 0.893. The number of halogens is 1. The highest BCUT2D eigenvalue weighted by Gasteiger charge is 2.05. The van der Waals surface area contributed by atoms with Gasteiger partial charge in [0.1, 0.15) is 12.4 Å². The Morgan fingerprint density at radius 2 is 2.11 bits per heavy atom. The molecule has 4 heteroatoms. The lowest BCUT2D eigenvalue weighted by Crippen LogP contribution is -2.05. The maximum absolute atomic E-state index is 5.88. The van der Waals surface area contributed by atoms with Crippen LogP contribution in [0.1, 0.15) is 29.0 Å². The van der Waals surface area contributed by atoms with Crippen LogP contribution in [0.4, 0.5) is 0 Å². The number of nitrogens with two attached hydrogens (primary N) is 1. The molecule has 1 aromatic carbocycles. The Balaban J connectivity index is 2.05. The van der Waals surface area contributed by atoms with Gasteiger partial charge in [-0.25, -0.2) is 0 Å². The van der Waals surface area contributed by atoms with Crippen LogP contribution in [0.5, 0.6) is 5.75 Å². The van der Waals surface area contributed by atoms with Gasteiger partial charge in [0.05, 0.1) is 4.34 Å². The molecule has 0 aliphatic rings. The first-order valence-electron chi connectivity index (χ1n) is 5.79. The van der Waals surface area contributed by atoms with E-state index in [2.05, 4.69) is 6.07 Å². The summed E-state index contributed by atoms with van der Waals surface area (Å²) in [5, 5.41) is 0. The van der Waals surface area contributed by atoms with Crippen molar-refractivity contribution >= 4 is 22.9 Å². The Labute approximate surface area is 116 Å². The molecule has 2 nitrogen and oxygen atoms in total. The minimum absolute atomic E-state index is 0.0499. The first-order chi connectivity index (χ1) is 8.56. The zero-order valence-electron chi connectivity index (χ0n) is 10.4. The third kappa shape index (κ3) is 3.25. The first-order valence-corrected chi connectivity index (χ1v) is 6.99. The fourth-order valence-electron chi connectivity index (χ4n) is 1.70. The number of hydrogen-bond donors (Lipinski definition) is 1. The van der Waals surface area contributed by atoms with Crippen molar-refractivity contribution in [1.82, 2.24) is 0 Å². The van der Waals surface area contributed by atoms with E-state index in [0.717, 1.165) is 26.1 Å². The van der Waals surface area contributed by atoms with Crippen molar-refractivity contribution in [1.29, 1.82) is 0 Å². The molecule has 0 aliphatic heterocycles. The second kappa shape index (κ2) is 5.74. The number of ether oxygens (including phenoxy) is 1. The fraction of sp³-hybridized carbons (Fsp3) is 0.286. The van der Waals surface area contributed by atoms with Crippen LogP contribution < -0.4 is 10.5 Å². The van der Waals surface area contributed by atoms with Crippen LogP contribution in [-0.4, -0.2) is 0 Å². The Hall–Kier alpha value is -1.03. The lowest BCUT2D eigenvalue weighted by molar-refractivity contribution is 0.307. The predicted molar refractivity (Wildman–Crippen MR) is 77.4 cm³/mol. The second-order valence-electron chi connectivity index (χ2n) is 4.31. The van der Waals surface area contributed by atoms with Crippen molar-refractivity contribution in [2.45, 2.75) is 26.5 Å². The first kappa shape index (κ1) is 13.4. The van der Waals surface area contributed by atoms with Crippen LogP contribution in [0.15, 0.2) is 30.3 Å². The number of thiophene rings is 1. The van der Waals surface area contributed by atoms with E-state index >= 15 is 0 Å². The summed E-state index contributed by atoms with van der Waals surface area (Å²) in [4.78, 5) is 1.12. The predicted octanol–water partition coefficient (Wildman–Crippen LogP) is 4.31. The minimum atomic E-state index is 0.0499. The van der Waals surface area contributed by atoms with Crippen LogP contribution >= 0.6 is 22.9 Å². The van der Waals surface area contributed by atoms with Gasteiger partial charge in [-0.2, -0.15) is 0 Å². The Bertz CT molecular complexity index is 536. The van der Waals surface area contributed by atoms with Crippen molar-refractivity contribution in [2.24, 2.45) is 5.73 Å². The summed E-state index contributed by atoms with van der Waals surface area (Å²) in [6, 6.07) is 9.98. The summed E-state index contributed by atoms with van der Waals surface area (Å²) in [7, 11) is 0. The molecule has 2 N–H and O–H groups in total. The van der Waals surface area contributed by atoms with E-state index in [1.54, 1.807) is 11.3 Å². The van der Waals surface area contributed by atoms with E-state index in [1.165, 1.54) is 0 Å². The Morgan fingerprint density at radius 1 is 1.33 bits per heavy atom. The van der Waals surface area contributed by atoms with Gasteiger partial charge in [0.25, 0.3) is 0 Å². The molecule has 18 heavy (non-hydrogen) atoms. The molecule has 0 amide bonds. The summed E-state index contributed by atoms with van der Waals surface area (Å²) < 4.78 is 6.57. The van der Waals surface area contributed by atoms with Crippen molar-refractivity contribution < 1.29 is 4.74 Å². The van der Waals surface area contributed by atoms with Crippen molar-refractivity contribution in [2.75, 3.05) is 0 Å². The monoisotopic (exact) mass is 281 g/mol. The number of benzene rings is 1. The minimum Gasteiger partial charge on any atom is -0.488 e. The molecule has 0 saturated heterocycles. The smallest absolute Gasteiger partial charge is 0.123 e. The lowest BCUT2D eigenvalue weighted by atomic mass is 10.1. The molecule has 0 fully saturated rings. The van der Waals surface area contributed by atoms with Crippen LogP contribution in [-0.2, 0) is 6.61 Å². The van der Waals surface area contributed by atoms with E-state index in [4.69, 9.17) is 22.1 Å². The van der Waals surface area contributed by atoms with E-state index in [-0.39, 0.29) is 6.04 Å². The van der Waals surface area contributed by atoms with Gasteiger partial charge in [0.15, 0.2) is 0 Å². The van der Waals surface area contributed by atoms with Gasteiger partial charge >= 0.3 is 0 Å². The molecular weight excluding hydrogens is 266 g/mol. The third-order valence-electron chi connectivity index (χ3n) is 2.72. The van der Waals surface area contributed by atoms with Crippen LogP contribution in [0.3, 0.4) is 0 Å². The van der Waals surface area contributed by atoms with Gasteiger partial charge in [0.2, 0.25) is 0 Å². The third-order valence-corrected chi connectivity index (χ3v) is 3.93. The average molecular weight is 282 g/mol. The highest BCUT2D eigenvalue weighted by molar-refractivity contribution is 7.16. The molecule has 0 aliphatic carbocycles. The normalized spacial score (nSPS) is 12.4. The van der Waals surface area contributed by atoms with Crippen molar-refractivity contribution in [3.05, 3.63) is 50.7 Å². The molecule has 0 radical (unpaired) electrons. The van der Waals surface area contributed by atoms with Crippen LogP contribution in [0.2, 0.25) is 4.34 Å². The van der Waals surface area contributed by atoms with E-state index in [1.807, 2.05) is 38.1 Å². The lowest BCUT2D eigenvalue weighted by Gasteiger charge is -2.11. The number of hydrogen-bond acceptors (Lipinski definition) is 3.